The van der Waals surface area contributed by atoms with Gasteiger partial charge in [-0.15, -0.1) is 0 Å². The maximum absolute atomic E-state index is 13.1. The molecule has 0 aromatic rings. The van der Waals surface area contributed by atoms with Crippen LogP contribution in [0.2, 0.25) is 0 Å². The fourth-order valence-electron chi connectivity index (χ4n) is 9.09. The second-order valence-electron chi connectivity index (χ2n) is 24.5. The third-order valence-corrected chi connectivity index (χ3v) is 16.7. The molecule has 0 aliphatic rings. The quantitative estimate of drug-likeness (QED) is 0.0169. The first-order valence-corrected chi connectivity index (χ1v) is 41.3. The normalized spacial score (nSPS) is 15.0. The molecular weight excluding hydrogens is 1350 g/mol. The molecule has 5 unspecified atom stereocenters. The minimum Gasteiger partial charge on any atom is -0.462 e. The Balaban J connectivity index is 5.59. The highest BCUT2D eigenvalue weighted by Gasteiger charge is 2.30. The van der Waals surface area contributed by atoms with Gasteiger partial charge in [-0.3, -0.25) is 37.3 Å². The molecule has 0 heterocycles. The maximum Gasteiger partial charge on any atom is 0.472 e. The Bertz CT molecular complexity index is 2790. The molecule has 3 N–H and O–H groups in total. The number of aliphatic hydroxyl groups excluding tert-OH is 1. The van der Waals surface area contributed by atoms with Gasteiger partial charge in [-0.05, 0) is 141 Å². The standard InChI is InChI=1S/C85H132O17P2/c1-5-9-13-17-21-25-29-33-37-38-39-40-44-46-50-54-58-62-66-70-83(88)96-76-81(102-85(90)72-68-64-60-56-52-48-43-36-32-28-24-20-16-12-8-4)78-100-104(93,94)98-74-79(86)73-97-103(91,92)99-77-80(101-84(89)71-67-63-59-55-51-47-42-35-31-27-23-19-15-11-7-3)75-95-82(87)69-65-61-57-53-49-45-41-34-30-26-22-18-14-10-6-2/h9-11,13-15,21-23,25-27,33-37,39-43,46,49-51,53,55,58,61-63,65,67,79-81,86H,5-8,12,16-20,24,28-32,38,44-45,47-48,52,54,56-57,59-60,64,66,68-78H2,1-4H3,(H,91,92)(H,93,94)/b13-9-,14-10-,15-11-,25-21-,26-22-,27-23-,37-33-,40-39-,41-34-,42-35-,43-36-,50-46-,53-49-,55-51-,62-58-,65-61-,67-63-. The lowest BCUT2D eigenvalue weighted by Gasteiger charge is -2.21. The van der Waals surface area contributed by atoms with Crippen molar-refractivity contribution >= 4 is 39.5 Å². The SMILES string of the molecule is CC/C=C\C/C=C\C/C=C\C/C=C\C/C=C\C/C=C\CCC(=O)OCC(COP(=O)(O)OCC(O)COP(=O)(O)OCC(COC(=O)C/C=C\C/C=C\C/C=C\C/C=C\C/C=C\CC)OC(=O)C/C=C\C/C=C\C/C=C\C/C=C\C/C=C\CC)OC(=O)CCCCCCC/C=C\CCCCCCCC. The summed E-state index contributed by atoms with van der Waals surface area (Å²) in [5, 5.41) is 10.6. The van der Waals surface area contributed by atoms with Crippen LogP contribution in [0.3, 0.4) is 0 Å². The van der Waals surface area contributed by atoms with Crippen LogP contribution < -0.4 is 0 Å². The predicted octanol–water partition coefficient (Wildman–Crippen LogP) is 22.3. The van der Waals surface area contributed by atoms with Crippen molar-refractivity contribution in [1.82, 2.24) is 0 Å². The van der Waals surface area contributed by atoms with Gasteiger partial charge in [0.1, 0.15) is 19.3 Å². The van der Waals surface area contributed by atoms with Gasteiger partial charge in [0, 0.05) is 12.8 Å². The summed E-state index contributed by atoms with van der Waals surface area (Å²) in [6.07, 6.45) is 93.3. The molecule has 0 saturated carbocycles. The van der Waals surface area contributed by atoms with Gasteiger partial charge >= 0.3 is 39.5 Å². The summed E-state index contributed by atoms with van der Waals surface area (Å²) < 4.78 is 68.1. The number of carbonyl (C=O) groups is 4. The van der Waals surface area contributed by atoms with Gasteiger partial charge in [0.05, 0.1) is 39.3 Å². The molecule has 5 atom stereocenters. The third-order valence-electron chi connectivity index (χ3n) is 14.8. The zero-order valence-electron chi connectivity index (χ0n) is 63.6. The second kappa shape index (κ2) is 74.9. The number of aliphatic hydroxyl groups is 1. The number of hydrogen-bond donors (Lipinski definition) is 3. The van der Waals surface area contributed by atoms with Crippen molar-refractivity contribution < 1.29 is 80.2 Å². The van der Waals surface area contributed by atoms with Crippen molar-refractivity contribution in [1.29, 1.82) is 0 Å². The number of hydrogen-bond acceptors (Lipinski definition) is 15. The fraction of sp³-hybridized carbons (Fsp3) is 0.553. The molecule has 0 radical (unpaired) electrons. The van der Waals surface area contributed by atoms with Crippen LogP contribution in [-0.4, -0.2) is 96.7 Å². The van der Waals surface area contributed by atoms with Crippen LogP contribution >= 0.6 is 15.6 Å². The molecular formula is C85H132O17P2. The van der Waals surface area contributed by atoms with Gasteiger partial charge in [-0.25, -0.2) is 9.13 Å². The molecule has 0 amide bonds. The first kappa shape index (κ1) is 97.6. The van der Waals surface area contributed by atoms with E-state index >= 15 is 0 Å². The Morgan fingerprint density at radius 1 is 0.288 bits per heavy atom. The molecule has 0 rings (SSSR count). The van der Waals surface area contributed by atoms with Crippen LogP contribution in [-0.2, 0) is 65.4 Å². The van der Waals surface area contributed by atoms with E-state index in [-0.39, 0.29) is 25.7 Å². The van der Waals surface area contributed by atoms with Gasteiger partial charge < -0.3 is 33.8 Å². The molecule has 0 aromatic heterocycles. The smallest absolute Gasteiger partial charge is 0.462 e. The summed E-state index contributed by atoms with van der Waals surface area (Å²) in [6, 6.07) is 0. The summed E-state index contributed by atoms with van der Waals surface area (Å²) in [7, 11) is -10.1. The van der Waals surface area contributed by atoms with Crippen LogP contribution in [0.1, 0.15) is 246 Å². The van der Waals surface area contributed by atoms with Crippen LogP contribution in [0.15, 0.2) is 207 Å². The van der Waals surface area contributed by atoms with E-state index in [1.54, 1.807) is 24.3 Å². The predicted molar refractivity (Wildman–Crippen MR) is 426 cm³/mol. The molecule has 0 saturated heterocycles. The van der Waals surface area contributed by atoms with Gasteiger partial charge in [-0.2, -0.15) is 0 Å². The van der Waals surface area contributed by atoms with Crippen LogP contribution in [0.4, 0.5) is 0 Å². The number of allylic oxidation sites excluding steroid dienone is 32. The zero-order chi connectivity index (χ0) is 76.0. The number of carbonyl (C=O) groups excluding carboxylic acids is 4. The van der Waals surface area contributed by atoms with Gasteiger partial charge in [0.15, 0.2) is 12.2 Å². The number of phosphoric acid groups is 2. The molecule has 19 heteroatoms. The number of rotatable bonds is 69. The topological polar surface area (TPSA) is 237 Å². The Kier molecular flexibility index (Phi) is 70.3. The van der Waals surface area contributed by atoms with Crippen LogP contribution in [0.5, 0.6) is 0 Å². The van der Waals surface area contributed by atoms with E-state index in [1.165, 1.54) is 38.5 Å². The van der Waals surface area contributed by atoms with Gasteiger partial charge in [0.25, 0.3) is 0 Å². The number of unbranched alkanes of at least 4 members (excludes halogenated alkanes) is 11. The van der Waals surface area contributed by atoms with Crippen LogP contribution in [0.25, 0.3) is 0 Å². The van der Waals surface area contributed by atoms with E-state index in [0.29, 0.717) is 32.1 Å². The lowest BCUT2D eigenvalue weighted by molar-refractivity contribution is -0.161. The highest BCUT2D eigenvalue weighted by atomic mass is 31.2. The number of phosphoric ester groups is 2. The van der Waals surface area contributed by atoms with Crippen molar-refractivity contribution in [2.75, 3.05) is 39.6 Å². The summed E-state index contributed by atoms with van der Waals surface area (Å²) in [5.74, 6) is -2.61. The number of esters is 4. The van der Waals surface area contributed by atoms with Crippen molar-refractivity contribution in [3.63, 3.8) is 0 Å². The minimum atomic E-state index is -5.04. The lowest BCUT2D eigenvalue weighted by Crippen LogP contribution is -2.30. The van der Waals surface area contributed by atoms with E-state index in [2.05, 4.69) is 167 Å². The van der Waals surface area contributed by atoms with E-state index in [0.717, 1.165) is 122 Å². The largest absolute Gasteiger partial charge is 0.472 e. The third kappa shape index (κ3) is 73.9. The summed E-state index contributed by atoms with van der Waals surface area (Å²) in [5.41, 5.74) is 0. The number of ether oxygens (including phenoxy) is 4. The second-order valence-corrected chi connectivity index (χ2v) is 27.4. The zero-order valence-corrected chi connectivity index (χ0v) is 65.4. The van der Waals surface area contributed by atoms with E-state index in [9.17, 15) is 43.2 Å². The molecule has 0 bridgehead atoms. The molecule has 0 spiro atoms. The van der Waals surface area contributed by atoms with Crippen molar-refractivity contribution in [3.05, 3.63) is 207 Å². The van der Waals surface area contributed by atoms with Gasteiger partial charge in [-0.1, -0.05) is 286 Å². The maximum atomic E-state index is 13.1. The molecule has 0 fully saturated rings. The summed E-state index contributed by atoms with van der Waals surface area (Å²) in [4.78, 5) is 72.8. The molecule has 17 nitrogen and oxygen atoms in total. The molecule has 584 valence electrons. The Morgan fingerprint density at radius 3 is 0.933 bits per heavy atom. The van der Waals surface area contributed by atoms with Gasteiger partial charge in [0.2, 0.25) is 0 Å². The van der Waals surface area contributed by atoms with Crippen molar-refractivity contribution in [2.24, 2.45) is 0 Å². The average Bonchev–Trinajstić information content (AvgIpc) is 0.918. The van der Waals surface area contributed by atoms with E-state index in [1.807, 2.05) is 42.5 Å². The Hall–Kier alpha value is -6.36. The fourth-order valence-corrected chi connectivity index (χ4v) is 10.7. The van der Waals surface area contributed by atoms with E-state index < -0.39 is 97.5 Å². The average molecular weight is 1490 g/mol. The molecule has 104 heavy (non-hydrogen) atoms. The Labute approximate surface area is 627 Å². The van der Waals surface area contributed by atoms with Crippen molar-refractivity contribution in [2.45, 2.75) is 264 Å². The molecule has 0 aliphatic heterocycles. The first-order chi connectivity index (χ1) is 50.7. The first-order valence-electron chi connectivity index (χ1n) is 38.3. The van der Waals surface area contributed by atoms with Crippen LogP contribution in [0, 0.1) is 0 Å². The molecule has 0 aromatic carbocycles. The minimum absolute atomic E-state index is 0.0227. The Morgan fingerprint density at radius 2 is 0.567 bits per heavy atom. The highest BCUT2D eigenvalue weighted by Crippen LogP contribution is 2.45. The summed E-state index contributed by atoms with van der Waals surface area (Å²) >= 11 is 0. The van der Waals surface area contributed by atoms with E-state index in [4.69, 9.17) is 37.0 Å². The van der Waals surface area contributed by atoms with Crippen molar-refractivity contribution in [3.8, 4) is 0 Å². The molecule has 0 aliphatic carbocycles. The summed E-state index contributed by atoms with van der Waals surface area (Å²) in [6.45, 7) is 4.15. The lowest BCUT2D eigenvalue weighted by atomic mass is 10.1. The highest BCUT2D eigenvalue weighted by molar-refractivity contribution is 7.47. The monoisotopic (exact) mass is 1490 g/mol.